The van der Waals surface area contributed by atoms with Crippen LogP contribution < -0.4 is 15.4 Å². The number of aryl methyl sites for hydroxylation is 2. The number of benzene rings is 3. The molecule has 3 aromatic rings. The smallest absolute Gasteiger partial charge is 0.338 e. The lowest BCUT2D eigenvalue weighted by Crippen LogP contribution is -2.45. The van der Waals surface area contributed by atoms with Gasteiger partial charge in [-0.3, -0.25) is 0 Å². The van der Waals surface area contributed by atoms with Gasteiger partial charge in [0, 0.05) is 5.70 Å². The minimum Gasteiger partial charge on any atom is -0.457 e. The largest absolute Gasteiger partial charge is 0.457 e. The third kappa shape index (κ3) is 5.23. The van der Waals surface area contributed by atoms with Gasteiger partial charge in [0.2, 0.25) is 0 Å². The Morgan fingerprint density at radius 1 is 0.879 bits per heavy atom. The normalized spacial score (nSPS) is 15.5. The number of carbonyl (C=O) groups excluding carboxylic acids is 2. The molecular weight excluding hydrogens is 416 g/mol. The third-order valence-corrected chi connectivity index (χ3v) is 5.63. The number of esters is 1. The van der Waals surface area contributed by atoms with Gasteiger partial charge >= 0.3 is 12.0 Å². The Labute approximate surface area is 193 Å². The average Bonchev–Trinajstić information content (AvgIpc) is 2.80. The summed E-state index contributed by atoms with van der Waals surface area (Å²) in [5, 5.41) is 5.49. The molecule has 1 aliphatic heterocycles. The first-order chi connectivity index (χ1) is 15.9. The van der Waals surface area contributed by atoms with Crippen molar-refractivity contribution in [1.29, 1.82) is 0 Å². The van der Waals surface area contributed by atoms with Crippen molar-refractivity contribution < 1.29 is 19.1 Å². The fourth-order valence-electron chi connectivity index (χ4n) is 3.66. The standard InChI is InChI=1S/C27H26N2O4/c1-17-9-12-23(15-18(17)2)33-22-13-10-21(11-14-22)25-24(19(3)28-27(31)29-25)26(30)32-16-20-7-5-4-6-8-20/h4-15,25H,16H2,1-3H3,(H2,28,29,31). The topological polar surface area (TPSA) is 76.7 Å². The number of nitrogens with one attached hydrogen (secondary N) is 2. The lowest BCUT2D eigenvalue weighted by Gasteiger charge is -2.28. The van der Waals surface area contributed by atoms with Gasteiger partial charge in [0.1, 0.15) is 18.1 Å². The molecule has 0 aromatic heterocycles. The van der Waals surface area contributed by atoms with Gasteiger partial charge in [0.05, 0.1) is 11.6 Å². The first-order valence-corrected chi connectivity index (χ1v) is 10.7. The SMILES string of the molecule is CC1=C(C(=O)OCc2ccccc2)C(c2ccc(Oc3ccc(C)c(C)c3)cc2)NC(=O)N1. The Bertz CT molecular complexity index is 1200. The van der Waals surface area contributed by atoms with E-state index in [0.29, 0.717) is 17.0 Å². The van der Waals surface area contributed by atoms with E-state index in [0.717, 1.165) is 22.4 Å². The van der Waals surface area contributed by atoms with Crippen LogP contribution in [-0.4, -0.2) is 12.0 Å². The van der Waals surface area contributed by atoms with Gasteiger partial charge in [-0.2, -0.15) is 0 Å². The van der Waals surface area contributed by atoms with Gasteiger partial charge in [0.15, 0.2) is 0 Å². The van der Waals surface area contributed by atoms with Gasteiger partial charge in [-0.1, -0.05) is 48.5 Å². The molecule has 3 aromatic carbocycles. The highest BCUT2D eigenvalue weighted by molar-refractivity contribution is 5.95. The Kier molecular flexibility index (Phi) is 6.45. The fraction of sp³-hybridized carbons (Fsp3) is 0.185. The van der Waals surface area contributed by atoms with E-state index < -0.39 is 12.0 Å². The highest BCUT2D eigenvalue weighted by Crippen LogP contribution is 2.30. The summed E-state index contributed by atoms with van der Waals surface area (Å²) in [7, 11) is 0. The molecule has 0 aliphatic carbocycles. The van der Waals surface area contributed by atoms with Crippen molar-refractivity contribution in [3.63, 3.8) is 0 Å². The Hall–Kier alpha value is -4.06. The monoisotopic (exact) mass is 442 g/mol. The summed E-state index contributed by atoms with van der Waals surface area (Å²) in [5.41, 5.74) is 4.84. The van der Waals surface area contributed by atoms with Crippen molar-refractivity contribution in [3.05, 3.63) is 106 Å². The van der Waals surface area contributed by atoms with Crippen LogP contribution in [0.3, 0.4) is 0 Å². The molecule has 0 saturated carbocycles. The molecule has 0 fully saturated rings. The molecule has 2 amide bonds. The summed E-state index contributed by atoms with van der Waals surface area (Å²) in [6, 6.07) is 21.7. The number of rotatable bonds is 6. The van der Waals surface area contributed by atoms with Crippen molar-refractivity contribution in [2.45, 2.75) is 33.4 Å². The molecule has 0 saturated heterocycles. The van der Waals surface area contributed by atoms with Crippen LogP contribution in [0.1, 0.15) is 35.2 Å². The number of allylic oxidation sites excluding steroid dienone is 1. The summed E-state index contributed by atoms with van der Waals surface area (Å²) < 4.78 is 11.5. The molecule has 0 bridgehead atoms. The first-order valence-electron chi connectivity index (χ1n) is 10.7. The van der Waals surface area contributed by atoms with Crippen molar-refractivity contribution in [3.8, 4) is 11.5 Å². The molecule has 1 atom stereocenters. The quantitative estimate of drug-likeness (QED) is 0.497. The Morgan fingerprint density at radius 3 is 2.27 bits per heavy atom. The first kappa shape index (κ1) is 22.1. The van der Waals surface area contributed by atoms with Gasteiger partial charge < -0.3 is 20.1 Å². The Morgan fingerprint density at radius 2 is 1.58 bits per heavy atom. The predicted molar refractivity (Wildman–Crippen MR) is 126 cm³/mol. The number of hydrogen-bond acceptors (Lipinski definition) is 4. The van der Waals surface area contributed by atoms with Gasteiger partial charge in [0.25, 0.3) is 0 Å². The highest BCUT2D eigenvalue weighted by atomic mass is 16.5. The summed E-state index contributed by atoms with van der Waals surface area (Å²) >= 11 is 0. The second kappa shape index (κ2) is 9.61. The maximum atomic E-state index is 12.9. The molecule has 33 heavy (non-hydrogen) atoms. The van der Waals surface area contributed by atoms with Crippen molar-refractivity contribution in [2.24, 2.45) is 0 Å². The van der Waals surface area contributed by atoms with Crippen LogP contribution in [0.4, 0.5) is 4.79 Å². The van der Waals surface area contributed by atoms with E-state index in [2.05, 4.69) is 17.6 Å². The summed E-state index contributed by atoms with van der Waals surface area (Å²) in [4.78, 5) is 25.1. The summed E-state index contributed by atoms with van der Waals surface area (Å²) in [6.07, 6.45) is 0. The second-order valence-electron chi connectivity index (χ2n) is 8.05. The fourth-order valence-corrected chi connectivity index (χ4v) is 3.66. The third-order valence-electron chi connectivity index (χ3n) is 5.63. The maximum absolute atomic E-state index is 12.9. The minimum atomic E-state index is -0.627. The molecule has 6 heteroatoms. The molecule has 6 nitrogen and oxygen atoms in total. The molecule has 1 heterocycles. The molecule has 4 rings (SSSR count). The molecule has 1 unspecified atom stereocenters. The van der Waals surface area contributed by atoms with E-state index in [1.54, 1.807) is 6.92 Å². The van der Waals surface area contributed by atoms with Crippen LogP contribution in [-0.2, 0) is 16.1 Å². The zero-order chi connectivity index (χ0) is 23.4. The van der Waals surface area contributed by atoms with Crippen LogP contribution in [0.15, 0.2) is 84.1 Å². The number of amides is 2. The van der Waals surface area contributed by atoms with Crippen LogP contribution >= 0.6 is 0 Å². The number of hydrogen-bond donors (Lipinski definition) is 2. The van der Waals surface area contributed by atoms with E-state index in [9.17, 15) is 9.59 Å². The van der Waals surface area contributed by atoms with E-state index in [1.165, 1.54) is 5.56 Å². The van der Waals surface area contributed by atoms with E-state index in [-0.39, 0.29) is 12.6 Å². The molecular formula is C27H26N2O4. The van der Waals surface area contributed by atoms with Gasteiger partial charge in [-0.25, -0.2) is 9.59 Å². The van der Waals surface area contributed by atoms with E-state index >= 15 is 0 Å². The van der Waals surface area contributed by atoms with Gasteiger partial charge in [-0.15, -0.1) is 0 Å². The molecule has 168 valence electrons. The minimum absolute atomic E-state index is 0.153. The summed E-state index contributed by atoms with van der Waals surface area (Å²) in [6.45, 7) is 5.94. The number of ether oxygens (including phenoxy) is 2. The lowest BCUT2D eigenvalue weighted by atomic mass is 9.95. The van der Waals surface area contributed by atoms with Crippen LogP contribution in [0, 0.1) is 13.8 Å². The number of urea groups is 1. The molecule has 2 N–H and O–H groups in total. The van der Waals surface area contributed by atoms with Crippen LogP contribution in [0.25, 0.3) is 0 Å². The predicted octanol–water partition coefficient (Wildman–Crippen LogP) is 5.47. The molecule has 0 radical (unpaired) electrons. The van der Waals surface area contributed by atoms with Crippen molar-refractivity contribution >= 4 is 12.0 Å². The highest BCUT2D eigenvalue weighted by Gasteiger charge is 2.32. The van der Waals surface area contributed by atoms with Crippen LogP contribution in [0.5, 0.6) is 11.5 Å². The van der Waals surface area contributed by atoms with Crippen molar-refractivity contribution in [2.75, 3.05) is 0 Å². The maximum Gasteiger partial charge on any atom is 0.338 e. The summed E-state index contributed by atoms with van der Waals surface area (Å²) in [5.74, 6) is 0.933. The van der Waals surface area contributed by atoms with E-state index in [4.69, 9.17) is 9.47 Å². The second-order valence-corrected chi connectivity index (χ2v) is 8.05. The zero-order valence-electron chi connectivity index (χ0n) is 18.8. The zero-order valence-corrected chi connectivity index (χ0v) is 18.8. The van der Waals surface area contributed by atoms with E-state index in [1.807, 2.05) is 79.7 Å². The average molecular weight is 443 g/mol. The lowest BCUT2D eigenvalue weighted by molar-refractivity contribution is -0.140. The van der Waals surface area contributed by atoms with Crippen LogP contribution in [0.2, 0.25) is 0 Å². The Balaban J connectivity index is 1.52. The number of carbonyl (C=O) groups is 2. The molecule has 0 spiro atoms. The van der Waals surface area contributed by atoms with Crippen molar-refractivity contribution in [1.82, 2.24) is 10.6 Å². The molecule has 1 aliphatic rings. The van der Waals surface area contributed by atoms with Gasteiger partial charge in [-0.05, 0) is 67.3 Å².